The summed E-state index contributed by atoms with van der Waals surface area (Å²) in [5.41, 5.74) is 1.94. The molecule has 0 saturated heterocycles. The molecule has 1 aromatic rings. The number of carbonyl (C=O) groups is 1. The van der Waals surface area contributed by atoms with E-state index in [0.29, 0.717) is 5.02 Å². The Morgan fingerprint density at radius 1 is 1.50 bits per heavy atom. The summed E-state index contributed by atoms with van der Waals surface area (Å²) in [7, 11) is 0. The standard InChI is InChI=1S/C16H20ClNO2/c1-2-9-18(11-12-3-4-12)15-10-14(17)7-5-13(15)6-8-16(19)20/h5-8,10,12H,2-4,9,11H2,1H3,(H,19,20)/b8-6+. The first kappa shape index (κ1) is 14.9. The third-order valence-electron chi connectivity index (χ3n) is 3.41. The molecule has 0 radical (unpaired) electrons. The smallest absolute Gasteiger partial charge is 0.328 e. The Hall–Kier alpha value is -1.48. The van der Waals surface area contributed by atoms with E-state index in [1.54, 1.807) is 12.1 Å². The van der Waals surface area contributed by atoms with E-state index in [9.17, 15) is 4.79 Å². The molecule has 3 nitrogen and oxygen atoms in total. The average molecular weight is 294 g/mol. The number of aliphatic carboxylic acids is 1. The normalized spacial score (nSPS) is 14.7. The predicted octanol–water partition coefficient (Wildman–Crippen LogP) is 4.06. The fourth-order valence-corrected chi connectivity index (χ4v) is 2.45. The molecular weight excluding hydrogens is 274 g/mol. The van der Waals surface area contributed by atoms with Gasteiger partial charge in [-0.05, 0) is 49.0 Å². The molecule has 0 atom stereocenters. The summed E-state index contributed by atoms with van der Waals surface area (Å²) in [4.78, 5) is 13.0. The van der Waals surface area contributed by atoms with Gasteiger partial charge in [-0.2, -0.15) is 0 Å². The van der Waals surface area contributed by atoms with Crippen molar-refractivity contribution in [1.82, 2.24) is 0 Å². The quantitative estimate of drug-likeness (QED) is 0.771. The lowest BCUT2D eigenvalue weighted by Crippen LogP contribution is -2.27. The van der Waals surface area contributed by atoms with E-state index in [-0.39, 0.29) is 0 Å². The van der Waals surface area contributed by atoms with Crippen LogP contribution in [-0.2, 0) is 4.79 Å². The molecule has 108 valence electrons. The van der Waals surface area contributed by atoms with Crippen molar-refractivity contribution in [2.45, 2.75) is 26.2 Å². The Morgan fingerprint density at radius 2 is 2.25 bits per heavy atom. The van der Waals surface area contributed by atoms with Gasteiger partial charge in [0.25, 0.3) is 0 Å². The second-order valence-corrected chi connectivity index (χ2v) is 5.70. The van der Waals surface area contributed by atoms with Gasteiger partial charge in [-0.25, -0.2) is 4.79 Å². The SMILES string of the molecule is CCCN(CC1CC1)c1cc(Cl)ccc1/C=C/C(=O)O. The molecular formula is C16H20ClNO2. The van der Waals surface area contributed by atoms with Gasteiger partial charge in [0.15, 0.2) is 0 Å². The fourth-order valence-electron chi connectivity index (χ4n) is 2.28. The van der Waals surface area contributed by atoms with Crippen molar-refractivity contribution < 1.29 is 9.90 Å². The molecule has 0 unspecified atom stereocenters. The van der Waals surface area contributed by atoms with Crippen molar-refractivity contribution in [3.63, 3.8) is 0 Å². The maximum absolute atomic E-state index is 10.7. The molecule has 0 bridgehead atoms. The van der Waals surface area contributed by atoms with Crippen LogP contribution in [0.1, 0.15) is 31.7 Å². The molecule has 0 amide bonds. The van der Waals surface area contributed by atoms with Gasteiger partial charge in [0, 0.05) is 29.9 Å². The van der Waals surface area contributed by atoms with Crippen LogP contribution in [0.2, 0.25) is 5.02 Å². The van der Waals surface area contributed by atoms with Crippen LogP contribution in [0.3, 0.4) is 0 Å². The molecule has 1 aromatic carbocycles. The van der Waals surface area contributed by atoms with Gasteiger partial charge in [0.05, 0.1) is 0 Å². The molecule has 4 heteroatoms. The number of carboxylic acid groups (broad SMARTS) is 1. The lowest BCUT2D eigenvalue weighted by molar-refractivity contribution is -0.131. The Morgan fingerprint density at radius 3 is 2.85 bits per heavy atom. The third-order valence-corrected chi connectivity index (χ3v) is 3.64. The van der Waals surface area contributed by atoms with Crippen LogP contribution >= 0.6 is 11.6 Å². The fraction of sp³-hybridized carbons (Fsp3) is 0.438. The lowest BCUT2D eigenvalue weighted by atomic mass is 10.1. The van der Waals surface area contributed by atoms with Crippen molar-refractivity contribution in [2.75, 3.05) is 18.0 Å². The Kier molecular flexibility index (Phi) is 5.07. The van der Waals surface area contributed by atoms with Crippen LogP contribution in [0.25, 0.3) is 6.08 Å². The first-order valence-electron chi connectivity index (χ1n) is 7.05. The maximum atomic E-state index is 10.7. The van der Waals surface area contributed by atoms with Gasteiger partial charge in [-0.3, -0.25) is 0 Å². The number of rotatable bonds is 7. The van der Waals surface area contributed by atoms with Crippen LogP contribution in [0, 0.1) is 5.92 Å². The predicted molar refractivity (Wildman–Crippen MR) is 83.3 cm³/mol. The highest BCUT2D eigenvalue weighted by atomic mass is 35.5. The number of benzene rings is 1. The van der Waals surface area contributed by atoms with Crippen LogP contribution in [0.5, 0.6) is 0 Å². The van der Waals surface area contributed by atoms with Crippen molar-refractivity contribution in [2.24, 2.45) is 5.92 Å². The molecule has 1 saturated carbocycles. The van der Waals surface area contributed by atoms with E-state index in [2.05, 4.69) is 11.8 Å². The second-order valence-electron chi connectivity index (χ2n) is 5.26. The Balaban J connectivity index is 2.29. The van der Waals surface area contributed by atoms with E-state index in [0.717, 1.165) is 36.7 Å². The monoisotopic (exact) mass is 293 g/mol. The van der Waals surface area contributed by atoms with Gasteiger partial charge in [0.2, 0.25) is 0 Å². The van der Waals surface area contributed by atoms with Gasteiger partial charge in [0.1, 0.15) is 0 Å². The van der Waals surface area contributed by atoms with Gasteiger partial charge in [-0.15, -0.1) is 0 Å². The first-order valence-corrected chi connectivity index (χ1v) is 7.43. The summed E-state index contributed by atoms with van der Waals surface area (Å²) in [6.45, 7) is 4.14. The summed E-state index contributed by atoms with van der Waals surface area (Å²) in [5.74, 6) is -0.160. The summed E-state index contributed by atoms with van der Waals surface area (Å²) in [6.07, 6.45) is 6.46. The Labute approximate surface area is 124 Å². The molecule has 0 aliphatic heterocycles. The number of halogens is 1. The zero-order valence-corrected chi connectivity index (χ0v) is 12.4. The van der Waals surface area contributed by atoms with E-state index >= 15 is 0 Å². The number of hydrogen-bond acceptors (Lipinski definition) is 2. The van der Waals surface area contributed by atoms with Gasteiger partial charge in [-0.1, -0.05) is 24.6 Å². The average Bonchev–Trinajstić information content (AvgIpc) is 3.20. The van der Waals surface area contributed by atoms with Crippen LogP contribution < -0.4 is 4.90 Å². The highest BCUT2D eigenvalue weighted by Crippen LogP contribution is 2.34. The molecule has 20 heavy (non-hydrogen) atoms. The van der Waals surface area contributed by atoms with Crippen molar-refractivity contribution in [3.8, 4) is 0 Å². The van der Waals surface area contributed by atoms with E-state index in [1.165, 1.54) is 18.9 Å². The van der Waals surface area contributed by atoms with Crippen LogP contribution in [0.15, 0.2) is 24.3 Å². The molecule has 1 aliphatic rings. The molecule has 0 aromatic heterocycles. The van der Waals surface area contributed by atoms with Crippen molar-refractivity contribution in [3.05, 3.63) is 34.9 Å². The minimum atomic E-state index is -0.935. The maximum Gasteiger partial charge on any atom is 0.328 e. The topological polar surface area (TPSA) is 40.5 Å². The Bertz CT molecular complexity index is 509. The summed E-state index contributed by atoms with van der Waals surface area (Å²) < 4.78 is 0. The largest absolute Gasteiger partial charge is 0.478 e. The zero-order valence-electron chi connectivity index (χ0n) is 11.7. The molecule has 2 rings (SSSR count). The van der Waals surface area contributed by atoms with Crippen molar-refractivity contribution in [1.29, 1.82) is 0 Å². The van der Waals surface area contributed by atoms with E-state index in [1.807, 2.05) is 12.1 Å². The summed E-state index contributed by atoms with van der Waals surface area (Å²) in [5, 5.41) is 9.48. The number of nitrogens with zero attached hydrogens (tertiary/aromatic N) is 1. The van der Waals surface area contributed by atoms with Crippen LogP contribution in [-0.4, -0.2) is 24.2 Å². The van der Waals surface area contributed by atoms with Gasteiger partial charge >= 0.3 is 5.97 Å². The minimum Gasteiger partial charge on any atom is -0.478 e. The molecule has 0 spiro atoms. The summed E-state index contributed by atoms with van der Waals surface area (Å²) in [6, 6.07) is 5.61. The zero-order chi connectivity index (χ0) is 14.5. The van der Waals surface area contributed by atoms with E-state index < -0.39 is 5.97 Å². The van der Waals surface area contributed by atoms with Crippen LogP contribution in [0.4, 0.5) is 5.69 Å². The number of hydrogen-bond donors (Lipinski definition) is 1. The molecule has 1 N–H and O–H groups in total. The third kappa shape index (κ3) is 4.27. The number of carboxylic acids is 1. The highest BCUT2D eigenvalue weighted by Gasteiger charge is 2.25. The molecule has 0 heterocycles. The first-order chi connectivity index (χ1) is 9.60. The minimum absolute atomic E-state index is 0.685. The lowest BCUT2D eigenvalue weighted by Gasteiger charge is -2.26. The molecule has 1 fully saturated rings. The molecule has 1 aliphatic carbocycles. The highest BCUT2D eigenvalue weighted by molar-refractivity contribution is 6.31. The number of anilines is 1. The van der Waals surface area contributed by atoms with Crippen molar-refractivity contribution >= 4 is 29.3 Å². The summed E-state index contributed by atoms with van der Waals surface area (Å²) >= 11 is 6.11. The van der Waals surface area contributed by atoms with E-state index in [4.69, 9.17) is 16.7 Å². The van der Waals surface area contributed by atoms with Gasteiger partial charge < -0.3 is 10.0 Å². The second kappa shape index (κ2) is 6.80.